The number of anilines is 2. The summed E-state index contributed by atoms with van der Waals surface area (Å²) in [5.41, 5.74) is 25.5. The van der Waals surface area contributed by atoms with Gasteiger partial charge in [-0.05, 0) is 133 Å². The van der Waals surface area contributed by atoms with Crippen molar-refractivity contribution in [1.29, 1.82) is 0 Å². The van der Waals surface area contributed by atoms with E-state index in [-0.39, 0.29) is 0 Å². The Labute approximate surface area is 312 Å². The van der Waals surface area contributed by atoms with Crippen LogP contribution < -0.4 is 11.5 Å². The first kappa shape index (κ1) is 40.3. The summed E-state index contributed by atoms with van der Waals surface area (Å²) in [4.78, 5) is 0. The predicted molar refractivity (Wildman–Crippen MR) is 225 cm³/mol. The third-order valence-electron chi connectivity index (χ3n) is 10.8. The molecule has 4 N–H and O–H groups in total. The number of nitrogen functional groups attached to an aromatic ring is 2. The van der Waals surface area contributed by atoms with Crippen molar-refractivity contribution in [2.24, 2.45) is 0 Å². The highest BCUT2D eigenvalue weighted by Gasteiger charge is 2.09. The third-order valence-corrected chi connectivity index (χ3v) is 10.8. The van der Waals surface area contributed by atoms with Crippen molar-refractivity contribution in [2.75, 3.05) is 11.5 Å². The van der Waals surface area contributed by atoms with Gasteiger partial charge >= 0.3 is 0 Å². The summed E-state index contributed by atoms with van der Waals surface area (Å²) in [7, 11) is 0. The third kappa shape index (κ3) is 15.7. The van der Waals surface area contributed by atoms with E-state index in [1.165, 1.54) is 168 Å². The minimum atomic E-state index is 0.843. The van der Waals surface area contributed by atoms with Crippen molar-refractivity contribution in [2.45, 2.75) is 162 Å². The molecule has 0 radical (unpaired) electrons. The molecule has 0 unspecified atom stereocenters. The molecule has 2 nitrogen and oxygen atoms in total. The van der Waals surface area contributed by atoms with Gasteiger partial charge in [0.05, 0.1) is 0 Å². The second-order valence-electron chi connectivity index (χ2n) is 15.3. The molecule has 0 heterocycles. The van der Waals surface area contributed by atoms with Gasteiger partial charge in [0.15, 0.2) is 0 Å². The number of benzene rings is 4. The number of hydrogen-bond acceptors (Lipinski definition) is 2. The lowest BCUT2D eigenvalue weighted by Gasteiger charge is -2.13. The Bertz CT molecular complexity index is 1390. The summed E-state index contributed by atoms with van der Waals surface area (Å²) in [6.45, 7) is 4.59. The van der Waals surface area contributed by atoms with E-state index in [2.05, 4.69) is 74.5 Å². The molecule has 0 bridgehead atoms. The molecule has 0 aliphatic heterocycles. The largest absolute Gasteiger partial charge is 0.399 e. The topological polar surface area (TPSA) is 52.0 Å². The van der Waals surface area contributed by atoms with Crippen LogP contribution in [-0.2, 0) is 38.5 Å². The predicted octanol–water partition coefficient (Wildman–Crippen LogP) is 13.6. The lowest BCUT2D eigenvalue weighted by atomic mass is 9.92. The van der Waals surface area contributed by atoms with Gasteiger partial charge in [0.25, 0.3) is 0 Å². The minimum absolute atomic E-state index is 0.843. The number of aryl methyl sites for hydroxylation is 4. The summed E-state index contributed by atoms with van der Waals surface area (Å²) in [6.07, 6.45) is 29.6. The normalized spacial score (nSPS) is 11.3. The van der Waals surface area contributed by atoms with Gasteiger partial charge in [-0.2, -0.15) is 0 Å². The monoisotopic (exact) mass is 687 g/mol. The highest BCUT2D eigenvalue weighted by atomic mass is 14.5. The van der Waals surface area contributed by atoms with Gasteiger partial charge in [-0.25, -0.2) is 0 Å². The summed E-state index contributed by atoms with van der Waals surface area (Å²) in [6, 6.07) is 31.6. The minimum Gasteiger partial charge on any atom is -0.399 e. The van der Waals surface area contributed by atoms with Crippen molar-refractivity contribution in [1.82, 2.24) is 0 Å². The lowest BCUT2D eigenvalue weighted by Crippen LogP contribution is -1.99. The van der Waals surface area contributed by atoms with Crippen molar-refractivity contribution >= 4 is 11.4 Å². The van der Waals surface area contributed by atoms with Gasteiger partial charge in [0, 0.05) is 11.4 Å². The number of hydrogen-bond donors (Lipinski definition) is 2. The van der Waals surface area contributed by atoms with E-state index in [0.29, 0.717) is 0 Å². The molecule has 4 aromatic rings. The fourth-order valence-electron chi connectivity index (χ4n) is 7.57. The first-order valence-electron chi connectivity index (χ1n) is 20.9. The molecule has 0 spiro atoms. The van der Waals surface area contributed by atoms with Gasteiger partial charge in [-0.3, -0.25) is 0 Å². The standard InChI is InChI=1S/C49H70N2/c1-3-5-7-12-18-22-44-36-40(24-30-46(44)38-42-26-32-48(50)33-27-42)20-16-14-10-9-11-15-17-21-41-25-31-47(39-43-28-34-49(51)35-29-43)45(37-41)23-19-13-8-6-4-2/h24-37H,3-23,38-39,50-51H2,1-2H3. The molecule has 4 rings (SSSR count). The number of rotatable bonds is 26. The fourth-order valence-corrected chi connectivity index (χ4v) is 7.57. The average molecular weight is 687 g/mol. The molecule has 0 saturated heterocycles. The molecule has 0 aromatic heterocycles. The average Bonchev–Trinajstić information content (AvgIpc) is 3.14. The van der Waals surface area contributed by atoms with Crippen LogP contribution in [-0.4, -0.2) is 0 Å². The van der Waals surface area contributed by atoms with Crippen LogP contribution in [0.5, 0.6) is 0 Å². The number of unbranched alkanes of at least 4 members (excludes halogenated alkanes) is 14. The maximum absolute atomic E-state index is 5.95. The molecule has 0 aliphatic carbocycles. The van der Waals surface area contributed by atoms with Crippen LogP contribution in [0.4, 0.5) is 11.4 Å². The second kappa shape index (κ2) is 23.9. The van der Waals surface area contributed by atoms with Crippen molar-refractivity contribution in [3.63, 3.8) is 0 Å². The van der Waals surface area contributed by atoms with E-state index in [9.17, 15) is 0 Å². The maximum Gasteiger partial charge on any atom is 0.0314 e. The van der Waals surface area contributed by atoms with Gasteiger partial charge in [0.2, 0.25) is 0 Å². The molecule has 276 valence electrons. The Hall–Kier alpha value is -3.52. The van der Waals surface area contributed by atoms with Crippen molar-refractivity contribution < 1.29 is 0 Å². The maximum atomic E-state index is 5.95. The summed E-state index contributed by atoms with van der Waals surface area (Å²) in [5.74, 6) is 0. The van der Waals surface area contributed by atoms with Crippen LogP contribution in [0, 0.1) is 0 Å². The van der Waals surface area contributed by atoms with E-state index < -0.39 is 0 Å². The smallest absolute Gasteiger partial charge is 0.0314 e. The zero-order chi connectivity index (χ0) is 35.9. The first-order chi connectivity index (χ1) is 25.0. The van der Waals surface area contributed by atoms with Crippen LogP contribution in [0.1, 0.15) is 168 Å². The first-order valence-corrected chi connectivity index (χ1v) is 20.9. The highest BCUT2D eigenvalue weighted by molar-refractivity contribution is 5.43. The number of nitrogens with two attached hydrogens (primary N) is 2. The lowest BCUT2D eigenvalue weighted by molar-refractivity contribution is 0.578. The van der Waals surface area contributed by atoms with Crippen LogP contribution in [0.25, 0.3) is 0 Å². The highest BCUT2D eigenvalue weighted by Crippen LogP contribution is 2.24. The SMILES string of the molecule is CCCCCCCc1cc(CCCCCCCCCc2ccc(Cc3ccc(N)cc3)c(CCCCCCC)c2)ccc1Cc1ccc(N)cc1. The quantitative estimate of drug-likeness (QED) is 0.0510. The molecule has 2 heteroatoms. The van der Waals surface area contributed by atoms with E-state index in [0.717, 1.165) is 24.2 Å². The van der Waals surface area contributed by atoms with Gasteiger partial charge < -0.3 is 11.5 Å². The summed E-state index contributed by atoms with van der Waals surface area (Å²) >= 11 is 0. The van der Waals surface area contributed by atoms with E-state index in [1.54, 1.807) is 11.1 Å². The molecular formula is C49H70N2. The molecule has 0 fully saturated rings. The molecule has 0 saturated carbocycles. The Morgan fingerprint density at radius 1 is 0.314 bits per heavy atom. The van der Waals surface area contributed by atoms with E-state index in [4.69, 9.17) is 11.5 Å². The second-order valence-corrected chi connectivity index (χ2v) is 15.3. The fraction of sp³-hybridized carbons (Fsp3) is 0.510. The Kier molecular flexibility index (Phi) is 18.8. The van der Waals surface area contributed by atoms with Crippen LogP contribution in [0.3, 0.4) is 0 Å². The van der Waals surface area contributed by atoms with Crippen molar-refractivity contribution in [3.8, 4) is 0 Å². The summed E-state index contributed by atoms with van der Waals surface area (Å²) < 4.78 is 0. The molecular weight excluding hydrogens is 617 g/mol. The Morgan fingerprint density at radius 2 is 0.627 bits per heavy atom. The summed E-state index contributed by atoms with van der Waals surface area (Å²) in [5, 5.41) is 0. The molecule has 51 heavy (non-hydrogen) atoms. The van der Waals surface area contributed by atoms with E-state index in [1.807, 2.05) is 24.3 Å². The van der Waals surface area contributed by atoms with Crippen LogP contribution in [0.15, 0.2) is 84.9 Å². The molecule has 0 atom stereocenters. The Morgan fingerprint density at radius 3 is 1.00 bits per heavy atom. The molecule has 0 aliphatic rings. The zero-order valence-corrected chi connectivity index (χ0v) is 32.5. The molecule has 4 aromatic carbocycles. The molecule has 0 amide bonds. The van der Waals surface area contributed by atoms with Gasteiger partial charge in [0.1, 0.15) is 0 Å². The zero-order valence-electron chi connectivity index (χ0n) is 32.5. The van der Waals surface area contributed by atoms with Gasteiger partial charge in [-0.1, -0.05) is 158 Å². The Balaban J connectivity index is 1.17. The van der Waals surface area contributed by atoms with Crippen LogP contribution in [0.2, 0.25) is 0 Å². The van der Waals surface area contributed by atoms with Crippen molar-refractivity contribution in [3.05, 3.63) is 129 Å². The van der Waals surface area contributed by atoms with E-state index >= 15 is 0 Å². The van der Waals surface area contributed by atoms with Gasteiger partial charge in [-0.15, -0.1) is 0 Å². The van der Waals surface area contributed by atoms with Crippen LogP contribution >= 0.6 is 0 Å².